The van der Waals surface area contributed by atoms with Crippen molar-refractivity contribution < 1.29 is 14.3 Å². The number of benzene rings is 2. The quantitative estimate of drug-likeness (QED) is 0.787. The smallest absolute Gasteiger partial charge is 0.338 e. The summed E-state index contributed by atoms with van der Waals surface area (Å²) in [5.74, 6) is 0.265. The van der Waals surface area contributed by atoms with E-state index in [-0.39, 0.29) is 6.61 Å². The molecule has 3 nitrogen and oxygen atoms in total. The van der Waals surface area contributed by atoms with Crippen LogP contribution in [0.25, 0.3) is 0 Å². The highest BCUT2D eigenvalue weighted by molar-refractivity contribution is 6.35. The van der Waals surface area contributed by atoms with Crippen LogP contribution in [0.1, 0.15) is 15.9 Å². The summed E-state index contributed by atoms with van der Waals surface area (Å²) >= 11 is 11.8. The summed E-state index contributed by atoms with van der Waals surface area (Å²) in [6, 6.07) is 11.7. The number of methoxy groups -OCH3 is 1. The van der Waals surface area contributed by atoms with E-state index in [1.54, 1.807) is 49.6 Å². The molecule has 0 aromatic heterocycles. The maximum atomic E-state index is 11.9. The number of esters is 1. The van der Waals surface area contributed by atoms with Crippen molar-refractivity contribution >= 4 is 29.2 Å². The van der Waals surface area contributed by atoms with Gasteiger partial charge in [-0.05, 0) is 36.4 Å². The lowest BCUT2D eigenvalue weighted by atomic mass is 10.2. The van der Waals surface area contributed by atoms with Gasteiger partial charge in [-0.25, -0.2) is 4.79 Å². The number of halogens is 2. The Morgan fingerprint density at radius 3 is 2.40 bits per heavy atom. The Kier molecular flexibility index (Phi) is 4.88. The van der Waals surface area contributed by atoms with Gasteiger partial charge in [0, 0.05) is 15.6 Å². The van der Waals surface area contributed by atoms with Crippen LogP contribution in [0, 0.1) is 0 Å². The topological polar surface area (TPSA) is 35.5 Å². The van der Waals surface area contributed by atoms with E-state index in [9.17, 15) is 4.79 Å². The molecule has 0 atom stereocenters. The molecule has 2 aromatic carbocycles. The van der Waals surface area contributed by atoms with Gasteiger partial charge in [0.2, 0.25) is 0 Å². The Morgan fingerprint density at radius 1 is 1.10 bits per heavy atom. The minimum atomic E-state index is -0.418. The van der Waals surface area contributed by atoms with Gasteiger partial charge in [0.05, 0.1) is 12.7 Å². The summed E-state index contributed by atoms with van der Waals surface area (Å²) < 4.78 is 10.2. The number of hydrogen-bond donors (Lipinski definition) is 0. The van der Waals surface area contributed by atoms with Crippen molar-refractivity contribution in [3.05, 3.63) is 63.6 Å². The Morgan fingerprint density at radius 2 is 1.80 bits per heavy atom. The van der Waals surface area contributed by atoms with Crippen molar-refractivity contribution in [2.45, 2.75) is 6.61 Å². The maximum Gasteiger partial charge on any atom is 0.338 e. The first kappa shape index (κ1) is 14.7. The molecule has 0 aliphatic carbocycles. The largest absolute Gasteiger partial charge is 0.497 e. The number of ether oxygens (including phenoxy) is 2. The Bertz CT molecular complexity index is 609. The number of hydrogen-bond acceptors (Lipinski definition) is 3. The van der Waals surface area contributed by atoms with E-state index in [4.69, 9.17) is 32.7 Å². The first-order valence-electron chi connectivity index (χ1n) is 5.85. The molecule has 0 spiro atoms. The summed E-state index contributed by atoms with van der Waals surface area (Å²) in [6.07, 6.45) is 0. The molecule has 0 saturated carbocycles. The van der Waals surface area contributed by atoms with Crippen LogP contribution < -0.4 is 4.74 Å². The highest BCUT2D eigenvalue weighted by atomic mass is 35.5. The summed E-state index contributed by atoms with van der Waals surface area (Å²) in [5, 5.41) is 1.01. The normalized spacial score (nSPS) is 10.2. The molecule has 0 bridgehead atoms. The van der Waals surface area contributed by atoms with E-state index in [0.29, 0.717) is 26.9 Å². The molecule has 0 unspecified atom stereocenters. The molecule has 5 heteroatoms. The van der Waals surface area contributed by atoms with E-state index < -0.39 is 5.97 Å². The van der Waals surface area contributed by atoms with Crippen LogP contribution >= 0.6 is 23.2 Å². The molecule has 0 fully saturated rings. The third-order valence-electron chi connectivity index (χ3n) is 2.70. The molecule has 0 amide bonds. The molecule has 0 aliphatic rings. The predicted octanol–water partition coefficient (Wildman–Crippen LogP) is 4.36. The average molecular weight is 311 g/mol. The minimum absolute atomic E-state index is 0.0981. The van der Waals surface area contributed by atoms with Crippen molar-refractivity contribution in [2.75, 3.05) is 7.11 Å². The third-order valence-corrected chi connectivity index (χ3v) is 3.29. The SMILES string of the molecule is COc1ccc(C(=O)OCc2ccc(Cl)cc2Cl)cc1. The highest BCUT2D eigenvalue weighted by Gasteiger charge is 2.09. The van der Waals surface area contributed by atoms with Crippen LogP contribution in [0.15, 0.2) is 42.5 Å². The molecule has 2 aromatic rings. The van der Waals surface area contributed by atoms with Crippen LogP contribution in [-0.4, -0.2) is 13.1 Å². The molecule has 20 heavy (non-hydrogen) atoms. The molecule has 0 radical (unpaired) electrons. The van der Waals surface area contributed by atoms with Crippen LogP contribution in [0.3, 0.4) is 0 Å². The number of carbonyl (C=O) groups is 1. The lowest BCUT2D eigenvalue weighted by Gasteiger charge is -2.07. The molecule has 0 aliphatic heterocycles. The molecule has 0 saturated heterocycles. The lowest BCUT2D eigenvalue weighted by Crippen LogP contribution is -2.05. The van der Waals surface area contributed by atoms with E-state index in [1.807, 2.05) is 0 Å². The third kappa shape index (κ3) is 3.65. The molecular weight excluding hydrogens is 299 g/mol. The minimum Gasteiger partial charge on any atom is -0.497 e. The maximum absolute atomic E-state index is 11.9. The number of carbonyl (C=O) groups excluding carboxylic acids is 1. The zero-order valence-electron chi connectivity index (χ0n) is 10.7. The predicted molar refractivity (Wildman–Crippen MR) is 78.6 cm³/mol. The number of rotatable bonds is 4. The average Bonchev–Trinajstić information content (AvgIpc) is 2.46. The van der Waals surface area contributed by atoms with E-state index >= 15 is 0 Å². The van der Waals surface area contributed by atoms with Gasteiger partial charge in [-0.1, -0.05) is 29.3 Å². The Hall–Kier alpha value is -1.71. The Labute approximate surface area is 127 Å². The standard InChI is InChI=1S/C15H12Cl2O3/c1-19-13-6-3-10(4-7-13)15(18)20-9-11-2-5-12(16)8-14(11)17/h2-8H,9H2,1H3. The van der Waals surface area contributed by atoms with Gasteiger partial charge in [-0.2, -0.15) is 0 Å². The van der Waals surface area contributed by atoms with Crippen molar-refractivity contribution in [3.63, 3.8) is 0 Å². The summed E-state index contributed by atoms with van der Waals surface area (Å²) in [6.45, 7) is 0.0981. The fourth-order valence-electron chi connectivity index (χ4n) is 1.59. The summed E-state index contributed by atoms with van der Waals surface area (Å²) in [7, 11) is 1.57. The lowest BCUT2D eigenvalue weighted by molar-refractivity contribution is 0.0473. The highest BCUT2D eigenvalue weighted by Crippen LogP contribution is 2.22. The summed E-state index contributed by atoms with van der Waals surface area (Å²) in [5.41, 5.74) is 1.16. The van der Waals surface area contributed by atoms with E-state index in [1.165, 1.54) is 0 Å². The second kappa shape index (κ2) is 6.64. The zero-order valence-corrected chi connectivity index (χ0v) is 12.2. The van der Waals surface area contributed by atoms with Crippen LogP contribution in [0.5, 0.6) is 5.75 Å². The second-order valence-electron chi connectivity index (χ2n) is 4.04. The molecule has 0 heterocycles. The summed E-state index contributed by atoms with van der Waals surface area (Å²) in [4.78, 5) is 11.9. The van der Waals surface area contributed by atoms with Crippen molar-refractivity contribution in [1.29, 1.82) is 0 Å². The van der Waals surface area contributed by atoms with Gasteiger partial charge in [-0.15, -0.1) is 0 Å². The van der Waals surface area contributed by atoms with Crippen LogP contribution in [0.2, 0.25) is 10.0 Å². The second-order valence-corrected chi connectivity index (χ2v) is 4.88. The van der Waals surface area contributed by atoms with Gasteiger partial charge in [-0.3, -0.25) is 0 Å². The van der Waals surface area contributed by atoms with Gasteiger partial charge >= 0.3 is 5.97 Å². The van der Waals surface area contributed by atoms with Crippen LogP contribution in [0.4, 0.5) is 0 Å². The van der Waals surface area contributed by atoms with Gasteiger partial charge < -0.3 is 9.47 Å². The molecule has 2 rings (SSSR count). The molecular formula is C15H12Cl2O3. The molecule has 0 N–H and O–H groups in total. The van der Waals surface area contributed by atoms with Crippen molar-refractivity contribution in [3.8, 4) is 5.75 Å². The first-order valence-corrected chi connectivity index (χ1v) is 6.61. The van der Waals surface area contributed by atoms with Gasteiger partial charge in [0.15, 0.2) is 0 Å². The van der Waals surface area contributed by atoms with Gasteiger partial charge in [0.1, 0.15) is 12.4 Å². The molecule has 104 valence electrons. The van der Waals surface area contributed by atoms with Gasteiger partial charge in [0.25, 0.3) is 0 Å². The van der Waals surface area contributed by atoms with Crippen molar-refractivity contribution in [2.24, 2.45) is 0 Å². The first-order chi connectivity index (χ1) is 9.60. The van der Waals surface area contributed by atoms with E-state index in [2.05, 4.69) is 0 Å². The van der Waals surface area contributed by atoms with Crippen LogP contribution in [-0.2, 0) is 11.3 Å². The van der Waals surface area contributed by atoms with Crippen molar-refractivity contribution in [1.82, 2.24) is 0 Å². The Balaban J connectivity index is 2.00. The monoisotopic (exact) mass is 310 g/mol. The fourth-order valence-corrected chi connectivity index (χ4v) is 2.06. The fraction of sp³-hybridized carbons (Fsp3) is 0.133. The zero-order chi connectivity index (χ0) is 14.5. The van der Waals surface area contributed by atoms with E-state index in [0.717, 1.165) is 0 Å².